The van der Waals surface area contributed by atoms with Gasteiger partial charge >= 0.3 is 0 Å². The predicted molar refractivity (Wildman–Crippen MR) is 50.9 cm³/mol. The second-order valence-corrected chi connectivity index (χ2v) is 3.79. The smallest absolute Gasteiger partial charge is 0.159 e. The Kier molecular flexibility index (Phi) is 2.51. The number of carbonyl (C=O) groups is 1. The molecule has 1 nitrogen and oxygen atoms in total. The molecule has 1 unspecified atom stereocenters. The van der Waals surface area contributed by atoms with Crippen LogP contribution in [0.3, 0.4) is 0 Å². The van der Waals surface area contributed by atoms with Crippen molar-refractivity contribution in [2.75, 3.05) is 0 Å². The van der Waals surface area contributed by atoms with E-state index in [2.05, 4.69) is 13.5 Å². The Morgan fingerprint density at radius 1 is 1.58 bits per heavy atom. The molecule has 0 saturated heterocycles. The van der Waals surface area contributed by atoms with Gasteiger partial charge in [0.05, 0.1) is 0 Å². The van der Waals surface area contributed by atoms with Gasteiger partial charge < -0.3 is 0 Å². The summed E-state index contributed by atoms with van der Waals surface area (Å²) in [7, 11) is 0. The molecule has 0 radical (unpaired) electrons. The quantitative estimate of drug-likeness (QED) is 0.573. The number of allylic oxidation sites excluding steroid dienone is 3. The lowest BCUT2D eigenvalue weighted by Gasteiger charge is -2.09. The van der Waals surface area contributed by atoms with Gasteiger partial charge in [0.2, 0.25) is 0 Å². The van der Waals surface area contributed by atoms with Crippen molar-refractivity contribution >= 4 is 5.78 Å². The summed E-state index contributed by atoms with van der Waals surface area (Å²) in [6, 6.07) is 0. The summed E-state index contributed by atoms with van der Waals surface area (Å²) in [6.07, 6.45) is 1.67. The fourth-order valence-corrected chi connectivity index (χ4v) is 1.70. The first-order valence-electron chi connectivity index (χ1n) is 4.37. The molecule has 1 rings (SSSR count). The lowest BCUT2D eigenvalue weighted by Crippen LogP contribution is -1.99. The third-order valence-corrected chi connectivity index (χ3v) is 2.65. The molecule has 1 aliphatic carbocycles. The van der Waals surface area contributed by atoms with Crippen LogP contribution in [-0.4, -0.2) is 5.78 Å². The fourth-order valence-electron chi connectivity index (χ4n) is 1.70. The van der Waals surface area contributed by atoms with E-state index in [0.717, 1.165) is 12.0 Å². The summed E-state index contributed by atoms with van der Waals surface area (Å²) in [5.74, 6) is 0.758. The molecule has 0 amide bonds. The summed E-state index contributed by atoms with van der Waals surface area (Å²) in [4.78, 5) is 11.3. The standard InChI is InChI=1S/C11H16O/c1-7(2)5-10-6-11(12)9(4)8(10)3/h10H,1,5-6H2,2-4H3. The van der Waals surface area contributed by atoms with Gasteiger partial charge in [-0.25, -0.2) is 0 Å². The van der Waals surface area contributed by atoms with Crippen LogP contribution >= 0.6 is 0 Å². The molecule has 12 heavy (non-hydrogen) atoms. The molecule has 1 heteroatoms. The normalized spacial score (nSPS) is 23.6. The molecule has 0 fully saturated rings. The number of hydrogen-bond donors (Lipinski definition) is 0. The maximum atomic E-state index is 11.3. The number of ketones is 1. The van der Waals surface area contributed by atoms with Gasteiger partial charge in [0, 0.05) is 6.42 Å². The zero-order chi connectivity index (χ0) is 9.30. The second kappa shape index (κ2) is 3.26. The molecule has 0 spiro atoms. The Morgan fingerprint density at radius 3 is 2.50 bits per heavy atom. The summed E-state index contributed by atoms with van der Waals surface area (Å²) in [6.45, 7) is 9.88. The minimum absolute atomic E-state index is 0.318. The largest absolute Gasteiger partial charge is 0.295 e. The van der Waals surface area contributed by atoms with Crippen molar-refractivity contribution in [1.82, 2.24) is 0 Å². The van der Waals surface area contributed by atoms with E-state index >= 15 is 0 Å². The van der Waals surface area contributed by atoms with Crippen LogP contribution in [0.4, 0.5) is 0 Å². The van der Waals surface area contributed by atoms with Crippen LogP contribution in [-0.2, 0) is 4.79 Å². The van der Waals surface area contributed by atoms with Crippen molar-refractivity contribution in [3.05, 3.63) is 23.3 Å². The minimum atomic E-state index is 0.318. The molecule has 66 valence electrons. The van der Waals surface area contributed by atoms with Gasteiger partial charge in [0.25, 0.3) is 0 Å². The number of Topliss-reactive ketones (excluding diaryl/α,β-unsaturated/α-hetero) is 1. The van der Waals surface area contributed by atoms with Gasteiger partial charge in [-0.15, -0.1) is 6.58 Å². The molecule has 0 bridgehead atoms. The Balaban J connectivity index is 2.73. The van der Waals surface area contributed by atoms with Crippen molar-refractivity contribution in [3.8, 4) is 0 Å². The molecule has 0 aromatic heterocycles. The summed E-state index contributed by atoms with van der Waals surface area (Å²) in [5.41, 5.74) is 3.41. The highest BCUT2D eigenvalue weighted by molar-refractivity contribution is 5.98. The van der Waals surface area contributed by atoms with Crippen LogP contribution in [0.15, 0.2) is 23.3 Å². The highest BCUT2D eigenvalue weighted by Crippen LogP contribution is 2.32. The van der Waals surface area contributed by atoms with Gasteiger partial charge in [-0.1, -0.05) is 11.1 Å². The third kappa shape index (κ3) is 1.66. The number of carbonyl (C=O) groups excluding carboxylic acids is 1. The van der Waals surface area contributed by atoms with Crippen molar-refractivity contribution in [2.24, 2.45) is 5.92 Å². The van der Waals surface area contributed by atoms with Crippen molar-refractivity contribution in [1.29, 1.82) is 0 Å². The van der Waals surface area contributed by atoms with Crippen molar-refractivity contribution in [3.63, 3.8) is 0 Å². The van der Waals surface area contributed by atoms with E-state index in [0.29, 0.717) is 18.1 Å². The van der Waals surface area contributed by atoms with Gasteiger partial charge in [-0.2, -0.15) is 0 Å². The van der Waals surface area contributed by atoms with Crippen LogP contribution < -0.4 is 0 Å². The minimum Gasteiger partial charge on any atom is -0.295 e. The fraction of sp³-hybridized carbons (Fsp3) is 0.545. The number of hydrogen-bond acceptors (Lipinski definition) is 1. The number of rotatable bonds is 2. The highest BCUT2D eigenvalue weighted by atomic mass is 16.1. The molecule has 0 heterocycles. The topological polar surface area (TPSA) is 17.1 Å². The van der Waals surface area contributed by atoms with Crippen LogP contribution in [0, 0.1) is 5.92 Å². The van der Waals surface area contributed by atoms with Crippen LogP contribution in [0.5, 0.6) is 0 Å². The highest BCUT2D eigenvalue weighted by Gasteiger charge is 2.26. The molecule has 0 aromatic rings. The molecule has 1 atom stereocenters. The SMILES string of the molecule is C=C(C)CC1CC(=O)C(C)=C1C. The van der Waals surface area contributed by atoms with E-state index in [-0.39, 0.29) is 0 Å². The lowest BCUT2D eigenvalue weighted by atomic mass is 9.95. The summed E-state index contributed by atoms with van der Waals surface area (Å²) < 4.78 is 0. The zero-order valence-electron chi connectivity index (χ0n) is 8.11. The zero-order valence-corrected chi connectivity index (χ0v) is 8.11. The average Bonchev–Trinajstić information content (AvgIpc) is 2.17. The van der Waals surface area contributed by atoms with Gasteiger partial charge in [0.1, 0.15) is 0 Å². The first-order valence-corrected chi connectivity index (χ1v) is 4.37. The second-order valence-electron chi connectivity index (χ2n) is 3.79. The monoisotopic (exact) mass is 164 g/mol. The Hall–Kier alpha value is -0.850. The average molecular weight is 164 g/mol. The Morgan fingerprint density at radius 2 is 2.17 bits per heavy atom. The van der Waals surface area contributed by atoms with E-state index in [9.17, 15) is 4.79 Å². The Labute approximate surface area is 74.2 Å². The van der Waals surface area contributed by atoms with E-state index in [1.54, 1.807) is 0 Å². The van der Waals surface area contributed by atoms with Gasteiger partial charge in [0.15, 0.2) is 5.78 Å². The first kappa shape index (κ1) is 9.24. The van der Waals surface area contributed by atoms with E-state index in [4.69, 9.17) is 0 Å². The van der Waals surface area contributed by atoms with Gasteiger partial charge in [-0.3, -0.25) is 4.79 Å². The summed E-state index contributed by atoms with van der Waals surface area (Å²) >= 11 is 0. The van der Waals surface area contributed by atoms with Crippen molar-refractivity contribution in [2.45, 2.75) is 33.6 Å². The lowest BCUT2D eigenvalue weighted by molar-refractivity contribution is -0.115. The molecule has 0 aromatic carbocycles. The van der Waals surface area contributed by atoms with E-state index < -0.39 is 0 Å². The van der Waals surface area contributed by atoms with Crippen LogP contribution in [0.1, 0.15) is 33.6 Å². The first-order chi connectivity index (χ1) is 5.52. The molecule has 0 aliphatic heterocycles. The maximum Gasteiger partial charge on any atom is 0.159 e. The summed E-state index contributed by atoms with van der Waals surface area (Å²) in [5, 5.41) is 0. The van der Waals surface area contributed by atoms with E-state index in [1.807, 2.05) is 13.8 Å². The van der Waals surface area contributed by atoms with Crippen LogP contribution in [0.25, 0.3) is 0 Å². The van der Waals surface area contributed by atoms with Crippen LogP contribution in [0.2, 0.25) is 0 Å². The third-order valence-electron chi connectivity index (χ3n) is 2.65. The predicted octanol–water partition coefficient (Wildman–Crippen LogP) is 2.88. The molecule has 1 aliphatic rings. The van der Waals surface area contributed by atoms with E-state index in [1.165, 1.54) is 11.1 Å². The molecular weight excluding hydrogens is 148 g/mol. The van der Waals surface area contributed by atoms with Crippen molar-refractivity contribution < 1.29 is 4.79 Å². The molecule has 0 N–H and O–H groups in total. The van der Waals surface area contributed by atoms with Gasteiger partial charge in [-0.05, 0) is 38.7 Å². The molecular formula is C11H16O. The molecule has 0 saturated carbocycles. The Bertz CT molecular complexity index is 258. The maximum absolute atomic E-state index is 11.3.